The first-order valence-electron chi connectivity index (χ1n) is 5.88. The Balaban J connectivity index is 2.33. The third kappa shape index (κ3) is 5.75. The first kappa shape index (κ1) is 14.6. The summed E-state index contributed by atoms with van der Waals surface area (Å²) in [6.45, 7) is 6.70. The van der Waals surface area contributed by atoms with Crippen molar-refractivity contribution in [1.82, 2.24) is 10.3 Å². The number of nitrogens with zero attached hydrogens (tertiary/aromatic N) is 1. The molecule has 1 aromatic rings. The number of aliphatic hydroxyl groups is 1. The highest BCUT2D eigenvalue weighted by Crippen LogP contribution is 2.06. The summed E-state index contributed by atoms with van der Waals surface area (Å²) in [6.07, 6.45) is 1.55. The molecule has 0 amide bonds. The molecule has 0 spiro atoms. The van der Waals surface area contributed by atoms with Gasteiger partial charge in [0.15, 0.2) is 6.29 Å². The van der Waals surface area contributed by atoms with E-state index in [0.717, 1.165) is 6.29 Å². The number of aromatic nitrogens is 1. The second kappa shape index (κ2) is 6.47. The number of ether oxygens (including phenoxy) is 1. The third-order valence-corrected chi connectivity index (χ3v) is 2.19. The molecule has 1 rings (SSSR count). The Bertz CT molecular complexity index is 371. The van der Waals surface area contributed by atoms with E-state index >= 15 is 0 Å². The first-order valence-corrected chi connectivity index (χ1v) is 5.88. The van der Waals surface area contributed by atoms with E-state index in [0.29, 0.717) is 18.0 Å². The van der Waals surface area contributed by atoms with E-state index in [1.165, 1.54) is 6.20 Å². The summed E-state index contributed by atoms with van der Waals surface area (Å²) in [6, 6.07) is 3.22. The van der Waals surface area contributed by atoms with Crippen LogP contribution in [-0.2, 0) is 0 Å². The van der Waals surface area contributed by atoms with Crippen LogP contribution < -0.4 is 10.1 Å². The summed E-state index contributed by atoms with van der Waals surface area (Å²) in [4.78, 5) is 14.4. The number of nitrogens with one attached hydrogen (secondary N) is 1. The molecule has 5 heteroatoms. The molecule has 1 heterocycles. The van der Waals surface area contributed by atoms with Gasteiger partial charge in [-0.25, -0.2) is 4.98 Å². The van der Waals surface area contributed by atoms with Crippen molar-refractivity contribution in [1.29, 1.82) is 0 Å². The Hall–Kier alpha value is -1.46. The van der Waals surface area contributed by atoms with Crippen LogP contribution in [-0.4, -0.2) is 41.2 Å². The van der Waals surface area contributed by atoms with Gasteiger partial charge < -0.3 is 15.2 Å². The van der Waals surface area contributed by atoms with Crippen LogP contribution in [0.1, 0.15) is 31.1 Å². The maximum Gasteiger partial charge on any atom is 0.213 e. The Morgan fingerprint density at radius 1 is 1.50 bits per heavy atom. The maximum atomic E-state index is 10.4. The van der Waals surface area contributed by atoms with Crippen molar-refractivity contribution in [2.75, 3.05) is 13.2 Å². The van der Waals surface area contributed by atoms with Gasteiger partial charge in [-0.05, 0) is 26.8 Å². The fourth-order valence-corrected chi connectivity index (χ4v) is 1.21. The minimum Gasteiger partial charge on any atom is -0.475 e. The minimum atomic E-state index is -0.600. The van der Waals surface area contributed by atoms with Crippen LogP contribution in [0.5, 0.6) is 5.88 Å². The van der Waals surface area contributed by atoms with Crippen LogP contribution in [0.3, 0.4) is 0 Å². The van der Waals surface area contributed by atoms with E-state index in [2.05, 4.69) is 10.3 Å². The molecule has 0 aliphatic heterocycles. The fourth-order valence-electron chi connectivity index (χ4n) is 1.21. The lowest BCUT2D eigenvalue weighted by Crippen LogP contribution is -2.42. The molecule has 100 valence electrons. The highest BCUT2D eigenvalue weighted by atomic mass is 16.5. The first-order chi connectivity index (χ1) is 8.40. The molecule has 0 saturated heterocycles. The van der Waals surface area contributed by atoms with E-state index in [4.69, 9.17) is 4.74 Å². The molecular weight excluding hydrogens is 232 g/mol. The second-order valence-corrected chi connectivity index (χ2v) is 5.14. The Labute approximate surface area is 107 Å². The van der Waals surface area contributed by atoms with Gasteiger partial charge in [0, 0.05) is 29.9 Å². The summed E-state index contributed by atoms with van der Waals surface area (Å²) in [5, 5.41) is 12.9. The lowest BCUT2D eigenvalue weighted by atomic mass is 10.1. The summed E-state index contributed by atoms with van der Waals surface area (Å²) >= 11 is 0. The SMILES string of the molecule is CC(C)(C)NCC(O)COc1ccc(C=O)cn1. The van der Waals surface area contributed by atoms with Gasteiger partial charge in [-0.15, -0.1) is 0 Å². The number of aliphatic hydroxyl groups excluding tert-OH is 1. The molecule has 0 aromatic carbocycles. The van der Waals surface area contributed by atoms with Crippen molar-refractivity contribution in [2.24, 2.45) is 0 Å². The molecule has 1 unspecified atom stereocenters. The van der Waals surface area contributed by atoms with Crippen molar-refractivity contribution < 1.29 is 14.6 Å². The summed E-state index contributed by atoms with van der Waals surface area (Å²) in [5.74, 6) is 0.399. The van der Waals surface area contributed by atoms with Crippen LogP contribution in [0.2, 0.25) is 0 Å². The zero-order valence-electron chi connectivity index (χ0n) is 11.0. The molecule has 2 N–H and O–H groups in total. The largest absolute Gasteiger partial charge is 0.475 e. The van der Waals surface area contributed by atoms with E-state index in [1.807, 2.05) is 20.8 Å². The van der Waals surface area contributed by atoms with E-state index in [1.54, 1.807) is 12.1 Å². The van der Waals surface area contributed by atoms with Gasteiger partial charge in [0.25, 0.3) is 0 Å². The Morgan fingerprint density at radius 3 is 2.72 bits per heavy atom. The molecule has 0 saturated carbocycles. The average molecular weight is 252 g/mol. The van der Waals surface area contributed by atoms with Gasteiger partial charge in [-0.1, -0.05) is 0 Å². The monoisotopic (exact) mass is 252 g/mol. The standard InChI is InChI=1S/C13H20N2O3/c1-13(2,3)15-7-11(17)9-18-12-5-4-10(8-16)6-14-12/h4-6,8,11,15,17H,7,9H2,1-3H3. The molecule has 0 bridgehead atoms. The molecule has 18 heavy (non-hydrogen) atoms. The fraction of sp³-hybridized carbons (Fsp3) is 0.538. The van der Waals surface area contributed by atoms with Crippen molar-refractivity contribution in [3.05, 3.63) is 23.9 Å². The predicted molar refractivity (Wildman–Crippen MR) is 68.9 cm³/mol. The van der Waals surface area contributed by atoms with Crippen LogP contribution >= 0.6 is 0 Å². The zero-order valence-corrected chi connectivity index (χ0v) is 11.0. The van der Waals surface area contributed by atoms with Gasteiger partial charge >= 0.3 is 0 Å². The van der Waals surface area contributed by atoms with Crippen LogP contribution in [0.4, 0.5) is 0 Å². The highest BCUT2D eigenvalue weighted by molar-refractivity contribution is 5.73. The highest BCUT2D eigenvalue weighted by Gasteiger charge is 2.12. The normalized spacial score (nSPS) is 13.1. The van der Waals surface area contributed by atoms with Crippen LogP contribution in [0, 0.1) is 0 Å². The van der Waals surface area contributed by atoms with Crippen molar-refractivity contribution >= 4 is 6.29 Å². The van der Waals surface area contributed by atoms with Crippen LogP contribution in [0.25, 0.3) is 0 Å². The Morgan fingerprint density at radius 2 is 2.22 bits per heavy atom. The topological polar surface area (TPSA) is 71.4 Å². The predicted octanol–water partition coefficient (Wildman–Crippen LogP) is 1.02. The summed E-state index contributed by atoms with van der Waals surface area (Å²) < 4.78 is 5.32. The molecule has 0 fully saturated rings. The lowest BCUT2D eigenvalue weighted by Gasteiger charge is -2.22. The number of aldehydes is 1. The van der Waals surface area contributed by atoms with Crippen molar-refractivity contribution in [3.63, 3.8) is 0 Å². The third-order valence-electron chi connectivity index (χ3n) is 2.19. The maximum absolute atomic E-state index is 10.4. The Kier molecular flexibility index (Phi) is 5.25. The number of β-amino-alcohol motifs (C(OH)–C–C–N with tert-alkyl or cyclic N) is 1. The summed E-state index contributed by atoms with van der Waals surface area (Å²) in [7, 11) is 0. The number of rotatable bonds is 6. The molecule has 0 aliphatic carbocycles. The molecular formula is C13H20N2O3. The summed E-state index contributed by atoms with van der Waals surface area (Å²) in [5.41, 5.74) is 0.461. The quantitative estimate of drug-likeness (QED) is 0.740. The molecule has 1 atom stereocenters. The van der Waals surface area contributed by atoms with Gasteiger partial charge in [-0.3, -0.25) is 4.79 Å². The molecule has 1 aromatic heterocycles. The van der Waals surface area contributed by atoms with E-state index in [-0.39, 0.29) is 12.1 Å². The van der Waals surface area contributed by atoms with Crippen molar-refractivity contribution in [2.45, 2.75) is 32.4 Å². The van der Waals surface area contributed by atoms with Gasteiger partial charge in [-0.2, -0.15) is 0 Å². The number of carbonyl (C=O) groups is 1. The molecule has 0 aliphatic rings. The van der Waals surface area contributed by atoms with Gasteiger partial charge in [0.05, 0.1) is 0 Å². The minimum absolute atomic E-state index is 0.0369. The smallest absolute Gasteiger partial charge is 0.213 e. The van der Waals surface area contributed by atoms with E-state index in [9.17, 15) is 9.90 Å². The second-order valence-electron chi connectivity index (χ2n) is 5.14. The van der Waals surface area contributed by atoms with Crippen molar-refractivity contribution in [3.8, 4) is 5.88 Å². The molecule has 0 radical (unpaired) electrons. The number of carbonyl (C=O) groups excluding carboxylic acids is 1. The van der Waals surface area contributed by atoms with Gasteiger partial charge in [0.1, 0.15) is 12.7 Å². The number of hydrogen-bond acceptors (Lipinski definition) is 5. The lowest BCUT2D eigenvalue weighted by molar-refractivity contribution is 0.0977. The zero-order chi connectivity index (χ0) is 13.6. The molecule has 5 nitrogen and oxygen atoms in total. The number of pyridine rings is 1. The van der Waals surface area contributed by atoms with E-state index < -0.39 is 6.10 Å². The number of hydrogen-bond donors (Lipinski definition) is 2. The van der Waals surface area contributed by atoms with Gasteiger partial charge in [0.2, 0.25) is 5.88 Å². The average Bonchev–Trinajstić information content (AvgIpc) is 2.33. The van der Waals surface area contributed by atoms with Crippen LogP contribution in [0.15, 0.2) is 18.3 Å².